The molecular weight excluding hydrogens is 647 g/mol. The second-order valence-electron chi connectivity index (χ2n) is 16.2. The average Bonchev–Trinajstić information content (AvgIpc) is 3.64. The number of benzene rings is 2. The first kappa shape index (κ1) is 34.9. The molecule has 6 aliphatic rings. The van der Waals surface area contributed by atoms with Gasteiger partial charge in [-0.2, -0.15) is 0 Å². The Morgan fingerprint density at radius 2 is 1.73 bits per heavy atom. The molecule has 7 atom stereocenters. The molecular formula is C41H55FN4O5. The third kappa shape index (κ3) is 6.88. The van der Waals surface area contributed by atoms with Crippen molar-refractivity contribution in [1.82, 2.24) is 14.7 Å². The van der Waals surface area contributed by atoms with Crippen molar-refractivity contribution in [3.8, 4) is 17.2 Å². The number of methoxy groups -OCH3 is 1. The molecule has 0 aromatic heterocycles. The van der Waals surface area contributed by atoms with E-state index in [-0.39, 0.29) is 36.4 Å². The van der Waals surface area contributed by atoms with Crippen LogP contribution in [-0.4, -0.2) is 116 Å². The van der Waals surface area contributed by atoms with Crippen molar-refractivity contribution in [3.63, 3.8) is 0 Å². The summed E-state index contributed by atoms with van der Waals surface area (Å²) in [7, 11) is 1.57. The highest BCUT2D eigenvalue weighted by molar-refractivity contribution is 6.03. The third-order valence-electron chi connectivity index (χ3n) is 13.3. The summed E-state index contributed by atoms with van der Waals surface area (Å²) in [5.74, 6) is 3.91. The normalized spacial score (nSPS) is 31.7. The fraction of sp³-hybridized carbons (Fsp3) is 0.659. The molecule has 9 nitrogen and oxygen atoms in total. The Labute approximate surface area is 302 Å². The number of hydrogen-bond acceptors (Lipinski definition) is 8. The van der Waals surface area contributed by atoms with Gasteiger partial charge >= 0.3 is 0 Å². The fourth-order valence-electron chi connectivity index (χ4n) is 10.4. The van der Waals surface area contributed by atoms with Crippen LogP contribution in [0.2, 0.25) is 0 Å². The number of halogens is 1. The van der Waals surface area contributed by atoms with Gasteiger partial charge in [0.25, 0.3) is 5.91 Å². The largest absolute Gasteiger partial charge is 0.494 e. The molecule has 2 saturated carbocycles. The second kappa shape index (κ2) is 14.7. The number of rotatable bonds is 11. The molecule has 2 aromatic carbocycles. The predicted molar refractivity (Wildman–Crippen MR) is 196 cm³/mol. The van der Waals surface area contributed by atoms with Gasteiger partial charge in [-0.3, -0.25) is 9.79 Å². The van der Waals surface area contributed by atoms with Gasteiger partial charge in [0.2, 0.25) is 0 Å². The summed E-state index contributed by atoms with van der Waals surface area (Å²) >= 11 is 0. The lowest BCUT2D eigenvalue weighted by Gasteiger charge is -2.50. The summed E-state index contributed by atoms with van der Waals surface area (Å²) in [6, 6.07) is 10.0. The maximum Gasteiger partial charge on any atom is 0.256 e. The zero-order valence-electron chi connectivity index (χ0n) is 30.4. The SMILES string of the molecule is COc1cc2c(cc1OCCCN1CCN(CCCOc3ccc4c(c3)CC[C@@H]3[C@@H]4CC[C@]4(C)[C@@H](O)CC[C@@H]34)CC1)N=C[C@@H]1C[C@@H](F)CN1C2=O. The molecule has 1 amide bonds. The molecule has 51 heavy (non-hydrogen) atoms. The first-order chi connectivity index (χ1) is 24.8. The Kier molecular flexibility index (Phi) is 10.0. The number of aliphatic hydroxyl groups is 1. The van der Waals surface area contributed by atoms with E-state index in [0.29, 0.717) is 41.2 Å². The van der Waals surface area contributed by atoms with E-state index >= 15 is 0 Å². The van der Waals surface area contributed by atoms with E-state index in [9.17, 15) is 14.3 Å². The minimum atomic E-state index is -1.02. The van der Waals surface area contributed by atoms with Gasteiger partial charge in [0.15, 0.2) is 11.5 Å². The second-order valence-corrected chi connectivity index (χ2v) is 16.2. The van der Waals surface area contributed by atoms with Crippen molar-refractivity contribution in [3.05, 3.63) is 47.0 Å². The van der Waals surface area contributed by atoms with Gasteiger partial charge in [0.1, 0.15) is 11.9 Å². The van der Waals surface area contributed by atoms with Crippen LogP contribution in [0.1, 0.15) is 85.7 Å². The molecule has 276 valence electrons. The summed E-state index contributed by atoms with van der Waals surface area (Å²) < 4.78 is 31.9. The van der Waals surface area contributed by atoms with Crippen molar-refractivity contribution in [1.29, 1.82) is 0 Å². The highest BCUT2D eigenvalue weighted by atomic mass is 19.1. The van der Waals surface area contributed by atoms with Crippen LogP contribution in [0.3, 0.4) is 0 Å². The van der Waals surface area contributed by atoms with Crippen LogP contribution in [0.4, 0.5) is 10.1 Å². The summed E-state index contributed by atoms with van der Waals surface area (Å²) in [5.41, 5.74) is 4.13. The molecule has 2 saturated heterocycles. The number of hydrogen-bond donors (Lipinski definition) is 1. The van der Waals surface area contributed by atoms with Gasteiger partial charge in [0.05, 0.1) is 50.3 Å². The third-order valence-corrected chi connectivity index (χ3v) is 13.3. The number of fused-ring (bicyclic) bond motifs is 7. The highest BCUT2D eigenvalue weighted by Crippen LogP contribution is 2.61. The van der Waals surface area contributed by atoms with Crippen LogP contribution >= 0.6 is 0 Å². The number of aliphatic hydroxyl groups excluding tert-OH is 1. The lowest BCUT2D eigenvalue weighted by Crippen LogP contribution is -2.47. The van der Waals surface area contributed by atoms with Crippen molar-refractivity contribution in [2.45, 2.75) is 88.9 Å². The van der Waals surface area contributed by atoms with Crippen LogP contribution in [0.5, 0.6) is 17.2 Å². The smallest absolute Gasteiger partial charge is 0.256 e. The minimum Gasteiger partial charge on any atom is -0.494 e. The predicted octanol–water partition coefficient (Wildman–Crippen LogP) is 6.04. The van der Waals surface area contributed by atoms with E-state index in [2.05, 4.69) is 39.9 Å². The van der Waals surface area contributed by atoms with Gasteiger partial charge in [-0.05, 0) is 104 Å². The molecule has 8 rings (SSSR count). The van der Waals surface area contributed by atoms with Crippen molar-refractivity contribution >= 4 is 17.8 Å². The Bertz CT molecular complexity index is 1610. The Morgan fingerprint density at radius 1 is 0.961 bits per heavy atom. The van der Waals surface area contributed by atoms with E-state index < -0.39 is 6.17 Å². The van der Waals surface area contributed by atoms with Gasteiger partial charge in [-0.15, -0.1) is 0 Å². The van der Waals surface area contributed by atoms with E-state index in [1.165, 1.54) is 24.8 Å². The maximum atomic E-state index is 14.0. The van der Waals surface area contributed by atoms with Crippen molar-refractivity contribution < 1.29 is 28.5 Å². The van der Waals surface area contributed by atoms with E-state index in [4.69, 9.17) is 14.2 Å². The molecule has 3 aliphatic heterocycles. The number of ether oxygens (including phenoxy) is 3. The lowest BCUT2D eigenvalue weighted by molar-refractivity contribution is -0.0226. The fourth-order valence-corrected chi connectivity index (χ4v) is 10.4. The number of amides is 1. The average molecular weight is 703 g/mol. The number of carbonyl (C=O) groups excluding carboxylic acids is 1. The van der Waals surface area contributed by atoms with Gasteiger partial charge < -0.3 is 34.0 Å². The van der Waals surface area contributed by atoms with Crippen LogP contribution in [0.15, 0.2) is 35.3 Å². The molecule has 0 radical (unpaired) electrons. The van der Waals surface area contributed by atoms with E-state index in [1.807, 2.05) is 0 Å². The molecule has 3 heterocycles. The quantitative estimate of drug-likeness (QED) is 0.286. The summed E-state index contributed by atoms with van der Waals surface area (Å²) in [6.45, 7) is 9.95. The van der Waals surface area contributed by atoms with Gasteiger partial charge in [-0.1, -0.05) is 13.0 Å². The molecule has 4 fully saturated rings. The summed E-state index contributed by atoms with van der Waals surface area (Å²) in [6.07, 6.45) is 9.67. The molecule has 3 aliphatic carbocycles. The number of alkyl halides is 1. The first-order valence-electron chi connectivity index (χ1n) is 19.5. The van der Waals surface area contributed by atoms with E-state index in [1.54, 1.807) is 35.9 Å². The van der Waals surface area contributed by atoms with Crippen LogP contribution in [0, 0.1) is 17.3 Å². The molecule has 0 bridgehead atoms. The lowest BCUT2D eigenvalue weighted by atomic mass is 9.55. The molecule has 10 heteroatoms. The molecule has 1 N–H and O–H groups in total. The number of nitrogens with zero attached hydrogens (tertiary/aromatic N) is 4. The Morgan fingerprint density at radius 3 is 2.49 bits per heavy atom. The molecule has 0 spiro atoms. The zero-order chi connectivity index (χ0) is 35.1. The topological polar surface area (TPSA) is 87.1 Å². The van der Waals surface area contributed by atoms with Crippen molar-refractivity contribution in [2.75, 3.05) is 66.1 Å². The zero-order valence-corrected chi connectivity index (χ0v) is 30.4. The van der Waals surface area contributed by atoms with Crippen LogP contribution < -0.4 is 14.2 Å². The molecule has 0 unspecified atom stereocenters. The van der Waals surface area contributed by atoms with Crippen LogP contribution in [0.25, 0.3) is 0 Å². The first-order valence-corrected chi connectivity index (χ1v) is 19.5. The van der Waals surface area contributed by atoms with Gasteiger partial charge in [-0.25, -0.2) is 4.39 Å². The monoisotopic (exact) mass is 702 g/mol. The molecule has 2 aromatic rings. The van der Waals surface area contributed by atoms with Crippen LogP contribution in [-0.2, 0) is 6.42 Å². The minimum absolute atomic E-state index is 0.100. The number of aliphatic imine (C=N–C) groups is 1. The van der Waals surface area contributed by atoms with Gasteiger partial charge in [0, 0.05) is 58.0 Å². The summed E-state index contributed by atoms with van der Waals surface area (Å²) in [4.78, 5) is 24.2. The van der Waals surface area contributed by atoms with E-state index in [0.717, 1.165) is 89.6 Å². The standard InChI is InChI=1S/C41H55FN4O5/c1-41-12-11-32-31-8-6-30(21-27(31)5-7-33(32)35(41)9-10-39(41)47)50-19-3-13-44-15-17-45(18-16-44)14-4-20-51-38-24-36-34(23-37(38)49-2)40(48)46-26-28(42)22-29(46)25-43-36/h6,8,21,23-25,28-29,32-33,35,39,47H,3-5,7,9-20,22,26H2,1-2H3/t28-,29+,32-,33-,35+,39+,41+/m1/s1. The number of piperazine rings is 1. The number of carbonyl (C=O) groups is 1. The Hall–Kier alpha value is -3.21. The Balaban J connectivity index is 0.740. The highest BCUT2D eigenvalue weighted by Gasteiger charge is 2.54. The maximum absolute atomic E-state index is 14.0. The summed E-state index contributed by atoms with van der Waals surface area (Å²) in [5, 5.41) is 10.7. The van der Waals surface area contributed by atoms with Crippen molar-refractivity contribution in [2.24, 2.45) is 22.2 Å². The number of aryl methyl sites for hydroxylation is 1.